The molecule has 1 aliphatic rings. The van der Waals surface area contributed by atoms with Crippen molar-refractivity contribution in [3.63, 3.8) is 0 Å². The Kier molecular flexibility index (Phi) is 6.42. The molecule has 1 aliphatic carbocycles. The Morgan fingerprint density at radius 2 is 2.00 bits per heavy atom. The average Bonchev–Trinajstić information content (AvgIpc) is 2.52. The third kappa shape index (κ3) is 5.47. The number of rotatable bonds is 5. The van der Waals surface area contributed by atoms with Crippen LogP contribution in [0.2, 0.25) is 0 Å². The lowest BCUT2D eigenvalue weighted by Crippen LogP contribution is -2.40. The highest BCUT2D eigenvalue weighted by Crippen LogP contribution is 2.19. The summed E-state index contributed by atoms with van der Waals surface area (Å²) in [4.78, 5) is 11.2. The lowest BCUT2D eigenvalue weighted by atomic mass is 10.1. The largest absolute Gasteiger partial charge is 0.376 e. The molecule has 1 atom stereocenters. The van der Waals surface area contributed by atoms with Gasteiger partial charge in [0.15, 0.2) is 0 Å². The molecule has 1 fully saturated rings. The van der Waals surface area contributed by atoms with E-state index in [2.05, 4.69) is 5.32 Å². The van der Waals surface area contributed by atoms with Crippen LogP contribution in [0.15, 0.2) is 0 Å². The van der Waals surface area contributed by atoms with Crippen molar-refractivity contribution in [2.24, 2.45) is 5.73 Å². The fourth-order valence-electron chi connectivity index (χ4n) is 1.97. The zero-order chi connectivity index (χ0) is 11.8. The number of hydrogen-bond donors (Lipinski definition) is 2. The molecular weight excluding hydrogens is 204 g/mol. The first kappa shape index (κ1) is 13.5. The Bertz CT molecular complexity index is 199. The summed E-state index contributed by atoms with van der Waals surface area (Å²) in [5, 5.41) is 2.75. The fraction of sp³-hybridized carbons (Fsp3) is 0.917. The molecule has 94 valence electrons. The van der Waals surface area contributed by atoms with Crippen molar-refractivity contribution in [1.82, 2.24) is 5.32 Å². The van der Waals surface area contributed by atoms with Gasteiger partial charge in [0.05, 0.1) is 18.8 Å². The van der Waals surface area contributed by atoms with E-state index < -0.39 is 6.04 Å². The number of nitrogens with two attached hydrogens (primary N) is 1. The van der Waals surface area contributed by atoms with Crippen LogP contribution in [0.1, 0.15) is 45.4 Å². The SMILES string of the molecule is C[C@@H](N)C(=O)NCCOC1CCCCCC1. The van der Waals surface area contributed by atoms with Gasteiger partial charge < -0.3 is 15.8 Å². The van der Waals surface area contributed by atoms with Crippen molar-refractivity contribution in [2.45, 2.75) is 57.6 Å². The molecule has 0 unspecified atom stereocenters. The molecule has 0 aromatic heterocycles. The molecule has 0 bridgehead atoms. The van der Waals surface area contributed by atoms with Crippen LogP contribution in [0.4, 0.5) is 0 Å². The van der Waals surface area contributed by atoms with E-state index in [4.69, 9.17) is 10.5 Å². The van der Waals surface area contributed by atoms with Gasteiger partial charge in [-0.15, -0.1) is 0 Å². The highest BCUT2D eigenvalue weighted by atomic mass is 16.5. The molecule has 16 heavy (non-hydrogen) atoms. The van der Waals surface area contributed by atoms with Crippen LogP contribution in [0.25, 0.3) is 0 Å². The number of ether oxygens (including phenoxy) is 1. The van der Waals surface area contributed by atoms with E-state index in [1.165, 1.54) is 38.5 Å². The topological polar surface area (TPSA) is 64.4 Å². The van der Waals surface area contributed by atoms with Crippen molar-refractivity contribution in [3.8, 4) is 0 Å². The molecule has 0 spiro atoms. The molecule has 4 nitrogen and oxygen atoms in total. The maximum absolute atomic E-state index is 11.2. The van der Waals surface area contributed by atoms with Crippen molar-refractivity contribution >= 4 is 5.91 Å². The van der Waals surface area contributed by atoms with Crippen molar-refractivity contribution in [3.05, 3.63) is 0 Å². The normalized spacial score (nSPS) is 20.1. The standard InChI is InChI=1S/C12H24N2O2/c1-10(13)12(15)14-8-9-16-11-6-4-2-3-5-7-11/h10-11H,2-9,13H2,1H3,(H,14,15)/t10-/m1/s1. The van der Waals surface area contributed by atoms with Gasteiger partial charge >= 0.3 is 0 Å². The third-order valence-electron chi connectivity index (χ3n) is 2.97. The van der Waals surface area contributed by atoms with Gasteiger partial charge in [-0.3, -0.25) is 4.79 Å². The number of hydrogen-bond acceptors (Lipinski definition) is 3. The predicted molar refractivity (Wildman–Crippen MR) is 64.1 cm³/mol. The Morgan fingerprint density at radius 3 is 2.56 bits per heavy atom. The summed E-state index contributed by atoms with van der Waals surface area (Å²) in [6.07, 6.45) is 7.95. The van der Waals surface area contributed by atoms with Crippen LogP contribution >= 0.6 is 0 Å². The van der Waals surface area contributed by atoms with Gasteiger partial charge in [0.25, 0.3) is 0 Å². The second-order valence-corrected chi connectivity index (χ2v) is 4.56. The van der Waals surface area contributed by atoms with E-state index >= 15 is 0 Å². The lowest BCUT2D eigenvalue weighted by Gasteiger charge is -2.15. The Labute approximate surface area is 97.9 Å². The Morgan fingerprint density at radius 1 is 1.38 bits per heavy atom. The van der Waals surface area contributed by atoms with Crippen molar-refractivity contribution in [2.75, 3.05) is 13.2 Å². The highest BCUT2D eigenvalue weighted by molar-refractivity contribution is 5.80. The summed E-state index contributed by atoms with van der Waals surface area (Å²) in [7, 11) is 0. The predicted octanol–water partition coefficient (Wildman–Crippen LogP) is 1.19. The summed E-state index contributed by atoms with van der Waals surface area (Å²) in [6.45, 7) is 2.85. The molecule has 0 aliphatic heterocycles. The monoisotopic (exact) mass is 228 g/mol. The van der Waals surface area contributed by atoms with Crippen LogP contribution < -0.4 is 11.1 Å². The van der Waals surface area contributed by atoms with Crippen molar-refractivity contribution < 1.29 is 9.53 Å². The molecule has 0 saturated heterocycles. The zero-order valence-electron chi connectivity index (χ0n) is 10.2. The van der Waals surface area contributed by atoms with Crippen LogP contribution in [0, 0.1) is 0 Å². The maximum Gasteiger partial charge on any atom is 0.236 e. The Hall–Kier alpha value is -0.610. The summed E-state index contributed by atoms with van der Waals surface area (Å²) in [6, 6.07) is -0.433. The molecule has 0 aromatic rings. The van der Waals surface area contributed by atoms with Gasteiger partial charge in [-0.2, -0.15) is 0 Å². The minimum atomic E-state index is -0.433. The van der Waals surface area contributed by atoms with E-state index in [0.29, 0.717) is 19.3 Å². The second kappa shape index (κ2) is 7.63. The number of carbonyl (C=O) groups is 1. The Balaban J connectivity index is 2.03. The van der Waals surface area contributed by atoms with E-state index in [1.807, 2.05) is 0 Å². The van der Waals surface area contributed by atoms with Gasteiger partial charge in [0, 0.05) is 6.54 Å². The van der Waals surface area contributed by atoms with Gasteiger partial charge in [0.1, 0.15) is 0 Å². The molecule has 1 saturated carbocycles. The third-order valence-corrected chi connectivity index (χ3v) is 2.97. The first-order valence-corrected chi connectivity index (χ1v) is 6.35. The molecule has 4 heteroatoms. The fourth-order valence-corrected chi connectivity index (χ4v) is 1.97. The second-order valence-electron chi connectivity index (χ2n) is 4.56. The van der Waals surface area contributed by atoms with E-state index in [0.717, 1.165) is 0 Å². The molecule has 0 radical (unpaired) electrons. The lowest BCUT2D eigenvalue weighted by molar-refractivity contribution is -0.122. The molecule has 1 rings (SSSR count). The average molecular weight is 228 g/mol. The quantitative estimate of drug-likeness (QED) is 0.549. The first-order valence-electron chi connectivity index (χ1n) is 6.35. The zero-order valence-corrected chi connectivity index (χ0v) is 10.2. The van der Waals surface area contributed by atoms with Gasteiger partial charge in [-0.25, -0.2) is 0 Å². The van der Waals surface area contributed by atoms with E-state index in [1.54, 1.807) is 6.92 Å². The molecule has 0 aromatic carbocycles. The van der Waals surface area contributed by atoms with Gasteiger partial charge in [-0.1, -0.05) is 25.7 Å². The summed E-state index contributed by atoms with van der Waals surface area (Å²) in [5.41, 5.74) is 5.43. The van der Waals surface area contributed by atoms with E-state index in [9.17, 15) is 4.79 Å². The van der Waals surface area contributed by atoms with Crippen LogP contribution in [-0.2, 0) is 9.53 Å². The van der Waals surface area contributed by atoms with Crippen LogP contribution in [0.3, 0.4) is 0 Å². The summed E-state index contributed by atoms with van der Waals surface area (Å²) < 4.78 is 5.74. The van der Waals surface area contributed by atoms with Crippen LogP contribution in [-0.4, -0.2) is 31.2 Å². The molecule has 3 N–H and O–H groups in total. The summed E-state index contributed by atoms with van der Waals surface area (Å²) in [5.74, 6) is -0.107. The first-order chi connectivity index (χ1) is 7.70. The molecule has 1 amide bonds. The number of nitrogens with one attached hydrogen (secondary N) is 1. The van der Waals surface area contributed by atoms with Gasteiger partial charge in [0.2, 0.25) is 5.91 Å². The van der Waals surface area contributed by atoms with Gasteiger partial charge in [-0.05, 0) is 19.8 Å². The summed E-state index contributed by atoms with van der Waals surface area (Å²) >= 11 is 0. The minimum Gasteiger partial charge on any atom is -0.376 e. The molecule has 0 heterocycles. The van der Waals surface area contributed by atoms with E-state index in [-0.39, 0.29) is 5.91 Å². The minimum absolute atomic E-state index is 0.107. The molecular formula is C12H24N2O2. The highest BCUT2D eigenvalue weighted by Gasteiger charge is 2.12. The number of amides is 1. The number of carbonyl (C=O) groups excluding carboxylic acids is 1. The smallest absolute Gasteiger partial charge is 0.236 e. The van der Waals surface area contributed by atoms with Crippen molar-refractivity contribution in [1.29, 1.82) is 0 Å². The van der Waals surface area contributed by atoms with Crippen LogP contribution in [0.5, 0.6) is 0 Å². The maximum atomic E-state index is 11.2.